The van der Waals surface area contributed by atoms with Crippen molar-refractivity contribution in [1.29, 1.82) is 0 Å². The summed E-state index contributed by atoms with van der Waals surface area (Å²) < 4.78 is 18.8. The van der Waals surface area contributed by atoms with E-state index in [0.717, 1.165) is 17.0 Å². The lowest BCUT2D eigenvalue weighted by Crippen LogP contribution is -3.11. The van der Waals surface area contributed by atoms with E-state index in [-0.39, 0.29) is 24.1 Å². The molecule has 150 valence electrons. The molecular formula is C21H27FN3O3+. The van der Waals surface area contributed by atoms with Gasteiger partial charge in [-0.1, -0.05) is 0 Å². The first-order valence-electron chi connectivity index (χ1n) is 9.11. The fraction of sp³-hybridized carbons (Fsp3) is 0.333. The van der Waals surface area contributed by atoms with Crippen molar-refractivity contribution in [3.63, 3.8) is 0 Å². The van der Waals surface area contributed by atoms with Gasteiger partial charge in [-0.15, -0.1) is 0 Å². The predicted octanol–water partition coefficient (Wildman–Crippen LogP) is 1.58. The van der Waals surface area contributed by atoms with E-state index in [1.807, 2.05) is 6.92 Å². The lowest BCUT2D eigenvalue weighted by molar-refractivity contribution is -0.903. The Morgan fingerprint density at radius 3 is 2.36 bits per heavy atom. The summed E-state index contributed by atoms with van der Waals surface area (Å²) >= 11 is 0. The number of ether oxygens (including phenoxy) is 1. The van der Waals surface area contributed by atoms with Crippen molar-refractivity contribution in [1.82, 2.24) is 4.90 Å². The van der Waals surface area contributed by atoms with Crippen LogP contribution in [0.2, 0.25) is 0 Å². The van der Waals surface area contributed by atoms with Gasteiger partial charge in [0.15, 0.2) is 18.1 Å². The Kier molecular flexibility index (Phi) is 7.52. The van der Waals surface area contributed by atoms with Crippen LogP contribution < -0.4 is 15.0 Å². The molecule has 0 spiro atoms. The first-order chi connectivity index (χ1) is 13.3. The second-order valence-electron chi connectivity index (χ2n) is 6.75. The van der Waals surface area contributed by atoms with Gasteiger partial charge in [0.25, 0.3) is 11.8 Å². The predicted molar refractivity (Wildman–Crippen MR) is 106 cm³/mol. The number of hydrogen-bond donors (Lipinski definition) is 2. The molecule has 0 radical (unpaired) electrons. The molecule has 0 saturated carbocycles. The molecular weight excluding hydrogens is 361 g/mol. The lowest BCUT2D eigenvalue weighted by Gasteiger charge is -2.18. The van der Waals surface area contributed by atoms with E-state index >= 15 is 0 Å². The molecule has 6 nitrogen and oxygen atoms in total. The smallest absolute Gasteiger partial charge is 0.279 e. The minimum absolute atomic E-state index is 0.0915. The number of likely N-dealkylation sites (N-methyl/N-ethyl adjacent to an activating group) is 1. The second kappa shape index (κ2) is 9.85. The summed E-state index contributed by atoms with van der Waals surface area (Å²) in [6.07, 6.45) is 0. The van der Waals surface area contributed by atoms with Crippen LogP contribution in [-0.2, 0) is 11.3 Å². The van der Waals surface area contributed by atoms with Gasteiger partial charge in [-0.25, -0.2) is 4.39 Å². The highest BCUT2D eigenvalue weighted by atomic mass is 19.1. The zero-order valence-corrected chi connectivity index (χ0v) is 16.7. The minimum atomic E-state index is -0.410. The quantitative estimate of drug-likeness (QED) is 0.722. The van der Waals surface area contributed by atoms with E-state index in [2.05, 4.69) is 5.32 Å². The van der Waals surface area contributed by atoms with Crippen LogP contribution in [0.15, 0.2) is 42.5 Å². The highest BCUT2D eigenvalue weighted by molar-refractivity contribution is 5.95. The van der Waals surface area contributed by atoms with E-state index in [1.165, 1.54) is 18.1 Å². The van der Waals surface area contributed by atoms with Crippen molar-refractivity contribution in [3.05, 3.63) is 59.4 Å². The van der Waals surface area contributed by atoms with Gasteiger partial charge in [0, 0.05) is 30.9 Å². The highest BCUT2D eigenvalue weighted by Crippen LogP contribution is 2.17. The standard InChI is InChI=1S/C21H26FN3O3/c1-5-25(13-15-6-11-19(28-4)18(22)12-15)14-20(26)23-17-9-7-16(8-10-17)21(27)24(2)3/h6-12H,5,13-14H2,1-4H3,(H,23,26)/p+1. The molecule has 0 saturated heterocycles. The third-order valence-corrected chi connectivity index (χ3v) is 4.40. The number of amides is 2. The van der Waals surface area contributed by atoms with Crippen molar-refractivity contribution in [2.24, 2.45) is 0 Å². The van der Waals surface area contributed by atoms with Crippen molar-refractivity contribution >= 4 is 17.5 Å². The Balaban J connectivity index is 1.94. The number of quaternary nitrogens is 1. The normalized spacial score (nSPS) is 11.6. The molecule has 2 N–H and O–H groups in total. The van der Waals surface area contributed by atoms with Crippen LogP contribution in [0.1, 0.15) is 22.8 Å². The van der Waals surface area contributed by atoms with Crippen LogP contribution in [-0.4, -0.2) is 51.0 Å². The summed E-state index contributed by atoms with van der Waals surface area (Å²) in [5.41, 5.74) is 1.99. The van der Waals surface area contributed by atoms with E-state index in [4.69, 9.17) is 4.74 Å². The van der Waals surface area contributed by atoms with Gasteiger partial charge in [0.05, 0.1) is 13.7 Å². The molecule has 2 aromatic carbocycles. The molecule has 0 fully saturated rings. The monoisotopic (exact) mass is 388 g/mol. The molecule has 0 aliphatic carbocycles. The highest BCUT2D eigenvalue weighted by Gasteiger charge is 2.15. The average molecular weight is 388 g/mol. The molecule has 0 bridgehead atoms. The van der Waals surface area contributed by atoms with Gasteiger partial charge >= 0.3 is 0 Å². The van der Waals surface area contributed by atoms with Crippen LogP contribution in [0, 0.1) is 5.82 Å². The van der Waals surface area contributed by atoms with Gasteiger partial charge in [0.2, 0.25) is 0 Å². The van der Waals surface area contributed by atoms with Crippen molar-refractivity contribution in [2.45, 2.75) is 13.5 Å². The number of methoxy groups -OCH3 is 1. The Hall–Kier alpha value is -2.93. The van der Waals surface area contributed by atoms with Crippen LogP contribution in [0.25, 0.3) is 0 Å². The second-order valence-corrected chi connectivity index (χ2v) is 6.75. The number of nitrogens with zero attached hydrogens (tertiary/aromatic N) is 1. The topological polar surface area (TPSA) is 63.1 Å². The SMILES string of the molecule is CC[NH+](CC(=O)Nc1ccc(C(=O)N(C)C)cc1)Cc1ccc(OC)c(F)c1. The Bertz CT molecular complexity index is 822. The Morgan fingerprint density at radius 2 is 1.82 bits per heavy atom. The molecule has 0 aliphatic rings. The molecule has 2 amide bonds. The summed E-state index contributed by atoms with van der Waals surface area (Å²) in [6.45, 7) is 3.48. The molecule has 2 aromatic rings. The first-order valence-corrected chi connectivity index (χ1v) is 9.11. The fourth-order valence-electron chi connectivity index (χ4n) is 2.81. The van der Waals surface area contributed by atoms with Gasteiger partial charge < -0.3 is 19.9 Å². The number of nitrogens with one attached hydrogen (secondary N) is 2. The summed E-state index contributed by atoms with van der Waals surface area (Å²) in [4.78, 5) is 26.8. The largest absolute Gasteiger partial charge is 0.494 e. The van der Waals surface area contributed by atoms with Crippen molar-refractivity contribution in [2.75, 3.05) is 39.6 Å². The summed E-state index contributed by atoms with van der Waals surface area (Å²) in [7, 11) is 4.80. The third-order valence-electron chi connectivity index (χ3n) is 4.40. The van der Waals surface area contributed by atoms with Crippen LogP contribution >= 0.6 is 0 Å². The molecule has 7 heteroatoms. The number of carbonyl (C=O) groups excluding carboxylic acids is 2. The third kappa shape index (κ3) is 5.79. The Labute approximate surface area is 164 Å². The zero-order valence-electron chi connectivity index (χ0n) is 16.7. The number of hydrogen-bond acceptors (Lipinski definition) is 3. The maximum atomic E-state index is 13.9. The van der Waals surface area contributed by atoms with E-state index in [1.54, 1.807) is 50.5 Å². The maximum absolute atomic E-state index is 13.9. The van der Waals surface area contributed by atoms with Gasteiger partial charge in [-0.2, -0.15) is 0 Å². The van der Waals surface area contributed by atoms with E-state index in [0.29, 0.717) is 17.8 Å². The van der Waals surface area contributed by atoms with E-state index < -0.39 is 5.82 Å². The van der Waals surface area contributed by atoms with Gasteiger partial charge in [0.1, 0.15) is 6.54 Å². The van der Waals surface area contributed by atoms with Crippen molar-refractivity contribution < 1.29 is 23.6 Å². The lowest BCUT2D eigenvalue weighted by atomic mass is 10.2. The molecule has 0 heterocycles. The summed E-state index contributed by atoms with van der Waals surface area (Å²) in [6, 6.07) is 11.6. The van der Waals surface area contributed by atoms with Crippen LogP contribution in [0.5, 0.6) is 5.75 Å². The van der Waals surface area contributed by atoms with E-state index in [9.17, 15) is 14.0 Å². The molecule has 28 heavy (non-hydrogen) atoms. The first kappa shape index (κ1) is 21.4. The molecule has 2 rings (SSSR count). The maximum Gasteiger partial charge on any atom is 0.279 e. The zero-order chi connectivity index (χ0) is 20.7. The van der Waals surface area contributed by atoms with Gasteiger partial charge in [-0.05, 0) is 49.4 Å². The number of halogens is 1. The fourth-order valence-corrected chi connectivity index (χ4v) is 2.81. The molecule has 1 unspecified atom stereocenters. The number of rotatable bonds is 8. The number of benzene rings is 2. The molecule has 0 aromatic heterocycles. The number of anilines is 1. The van der Waals surface area contributed by atoms with Crippen molar-refractivity contribution in [3.8, 4) is 5.75 Å². The minimum Gasteiger partial charge on any atom is -0.494 e. The molecule has 0 aliphatic heterocycles. The van der Waals surface area contributed by atoms with Gasteiger partial charge in [-0.3, -0.25) is 9.59 Å². The summed E-state index contributed by atoms with van der Waals surface area (Å²) in [5, 5.41) is 2.84. The average Bonchev–Trinajstić information content (AvgIpc) is 2.67. The van der Waals surface area contributed by atoms with Crippen LogP contribution in [0.4, 0.5) is 10.1 Å². The van der Waals surface area contributed by atoms with Crippen LogP contribution in [0.3, 0.4) is 0 Å². The molecule has 1 atom stereocenters. The Morgan fingerprint density at radius 1 is 1.14 bits per heavy atom. The number of carbonyl (C=O) groups is 2. The summed E-state index contributed by atoms with van der Waals surface area (Å²) in [5.74, 6) is -0.438.